The summed E-state index contributed by atoms with van der Waals surface area (Å²) in [5.41, 5.74) is 1.47. The maximum atomic E-state index is 10.9. The first-order chi connectivity index (χ1) is 9.11. The molecule has 6 heteroatoms. The molecule has 5 nitrogen and oxygen atoms in total. The van der Waals surface area contributed by atoms with Gasteiger partial charge in [-0.15, -0.1) is 0 Å². The molecule has 2 rings (SSSR count). The van der Waals surface area contributed by atoms with E-state index in [1.54, 1.807) is 12.3 Å². The quantitative estimate of drug-likeness (QED) is 0.922. The van der Waals surface area contributed by atoms with Gasteiger partial charge in [-0.1, -0.05) is 0 Å². The summed E-state index contributed by atoms with van der Waals surface area (Å²) >= 11 is 1.18. The molecule has 0 aromatic carbocycles. The Kier molecular flexibility index (Phi) is 3.78. The van der Waals surface area contributed by atoms with Crippen molar-refractivity contribution < 1.29 is 9.90 Å². The van der Waals surface area contributed by atoms with Crippen molar-refractivity contribution in [2.24, 2.45) is 0 Å². The summed E-state index contributed by atoms with van der Waals surface area (Å²) in [6, 6.07) is 6.72. The Morgan fingerprint density at radius 3 is 2.79 bits per heavy atom. The second-order valence-electron chi connectivity index (χ2n) is 3.71. The molecule has 19 heavy (non-hydrogen) atoms. The molecule has 0 amide bonds. The Morgan fingerprint density at radius 2 is 2.11 bits per heavy atom. The van der Waals surface area contributed by atoms with Gasteiger partial charge in [0.25, 0.3) is 0 Å². The van der Waals surface area contributed by atoms with Crippen LogP contribution in [0.15, 0.2) is 40.6 Å². The largest absolute Gasteiger partial charge is 0.478 e. The molecule has 0 bridgehead atoms. The van der Waals surface area contributed by atoms with E-state index in [9.17, 15) is 4.79 Å². The standard InChI is InChI=1S/C13H9N3O2S/c1-8-2-4-16-12(10(8)7-14)19-11-6-9(13(17)18)3-5-15-11/h2-6H,1H3,(H,17,18). The summed E-state index contributed by atoms with van der Waals surface area (Å²) in [5.74, 6) is -1.01. The first-order valence-electron chi connectivity index (χ1n) is 5.34. The van der Waals surface area contributed by atoms with Crippen LogP contribution in [0.5, 0.6) is 0 Å². The maximum Gasteiger partial charge on any atom is 0.335 e. The summed E-state index contributed by atoms with van der Waals surface area (Å²) in [6.07, 6.45) is 3.03. The normalized spacial score (nSPS) is 9.89. The van der Waals surface area contributed by atoms with Crippen molar-refractivity contribution in [3.8, 4) is 6.07 Å². The molecule has 94 valence electrons. The number of hydrogen-bond donors (Lipinski definition) is 1. The van der Waals surface area contributed by atoms with Gasteiger partial charge in [-0.2, -0.15) is 5.26 Å². The second kappa shape index (κ2) is 5.50. The molecule has 2 heterocycles. The first kappa shape index (κ1) is 13.1. The summed E-state index contributed by atoms with van der Waals surface area (Å²) in [5, 5.41) is 19.0. The maximum absolute atomic E-state index is 10.9. The third kappa shape index (κ3) is 2.89. The van der Waals surface area contributed by atoms with Gasteiger partial charge in [0.15, 0.2) is 0 Å². The van der Waals surface area contributed by atoms with Gasteiger partial charge in [-0.3, -0.25) is 0 Å². The number of carbonyl (C=O) groups is 1. The van der Waals surface area contributed by atoms with E-state index in [1.807, 2.05) is 6.92 Å². The zero-order chi connectivity index (χ0) is 13.8. The lowest BCUT2D eigenvalue weighted by atomic mass is 10.2. The average molecular weight is 271 g/mol. The lowest BCUT2D eigenvalue weighted by Crippen LogP contribution is -1.97. The number of rotatable bonds is 3. The van der Waals surface area contributed by atoms with E-state index >= 15 is 0 Å². The van der Waals surface area contributed by atoms with Gasteiger partial charge in [0.05, 0.1) is 11.1 Å². The lowest BCUT2D eigenvalue weighted by Gasteiger charge is -2.04. The van der Waals surface area contributed by atoms with Crippen LogP contribution in [0, 0.1) is 18.3 Å². The van der Waals surface area contributed by atoms with E-state index in [1.165, 1.54) is 30.1 Å². The highest BCUT2D eigenvalue weighted by molar-refractivity contribution is 7.99. The predicted octanol–water partition coefficient (Wildman–Crippen LogP) is 2.51. The highest BCUT2D eigenvalue weighted by Gasteiger charge is 2.11. The Hall–Kier alpha value is -2.39. The highest BCUT2D eigenvalue weighted by Crippen LogP contribution is 2.28. The molecular formula is C13H9N3O2S. The highest BCUT2D eigenvalue weighted by atomic mass is 32.2. The van der Waals surface area contributed by atoms with Gasteiger partial charge in [0.1, 0.15) is 16.1 Å². The van der Waals surface area contributed by atoms with Crippen molar-refractivity contribution in [3.05, 3.63) is 47.3 Å². The van der Waals surface area contributed by atoms with Crippen molar-refractivity contribution in [1.29, 1.82) is 5.26 Å². The van der Waals surface area contributed by atoms with Crippen LogP contribution in [0.25, 0.3) is 0 Å². The van der Waals surface area contributed by atoms with E-state index in [0.29, 0.717) is 15.6 Å². The van der Waals surface area contributed by atoms with E-state index in [-0.39, 0.29) is 5.56 Å². The molecule has 2 aromatic heterocycles. The molecule has 0 saturated heterocycles. The second-order valence-corrected chi connectivity index (χ2v) is 4.72. The summed E-state index contributed by atoms with van der Waals surface area (Å²) in [6.45, 7) is 1.82. The van der Waals surface area contributed by atoms with E-state index in [2.05, 4.69) is 16.0 Å². The fourth-order valence-electron chi connectivity index (χ4n) is 1.44. The minimum atomic E-state index is -1.01. The molecule has 0 fully saturated rings. The smallest absolute Gasteiger partial charge is 0.335 e. The third-order valence-electron chi connectivity index (χ3n) is 2.42. The van der Waals surface area contributed by atoms with Crippen LogP contribution in [0.2, 0.25) is 0 Å². The molecule has 0 atom stereocenters. The number of nitriles is 1. The summed E-state index contributed by atoms with van der Waals surface area (Å²) in [4.78, 5) is 19.1. The molecule has 0 saturated carbocycles. The van der Waals surface area contributed by atoms with Crippen molar-refractivity contribution in [3.63, 3.8) is 0 Å². The number of aromatic carboxylic acids is 1. The van der Waals surface area contributed by atoms with Crippen LogP contribution >= 0.6 is 11.8 Å². The molecule has 1 N–H and O–H groups in total. The Labute approximate surface area is 113 Å². The van der Waals surface area contributed by atoms with Crippen LogP contribution in [0.3, 0.4) is 0 Å². The fraction of sp³-hybridized carbons (Fsp3) is 0.0769. The SMILES string of the molecule is Cc1ccnc(Sc2cc(C(=O)O)ccn2)c1C#N. The Balaban J connectivity index is 2.37. The van der Waals surface area contributed by atoms with Gasteiger partial charge in [0, 0.05) is 12.4 Å². The van der Waals surface area contributed by atoms with Crippen molar-refractivity contribution in [2.75, 3.05) is 0 Å². The molecular weight excluding hydrogens is 262 g/mol. The number of aromatic nitrogens is 2. The fourth-order valence-corrected chi connectivity index (χ4v) is 2.36. The summed E-state index contributed by atoms with van der Waals surface area (Å²) < 4.78 is 0. The average Bonchev–Trinajstić information content (AvgIpc) is 2.39. The third-order valence-corrected chi connectivity index (χ3v) is 3.35. The number of carboxylic acid groups (broad SMARTS) is 1. The van der Waals surface area contributed by atoms with Gasteiger partial charge in [0.2, 0.25) is 0 Å². The molecule has 0 aliphatic rings. The van der Waals surface area contributed by atoms with Crippen molar-refractivity contribution >= 4 is 17.7 Å². The van der Waals surface area contributed by atoms with Crippen LogP contribution < -0.4 is 0 Å². The topological polar surface area (TPSA) is 86.9 Å². The van der Waals surface area contributed by atoms with Gasteiger partial charge < -0.3 is 5.11 Å². The molecule has 0 aliphatic carbocycles. The van der Waals surface area contributed by atoms with Gasteiger partial charge in [-0.05, 0) is 42.4 Å². The van der Waals surface area contributed by atoms with Gasteiger partial charge >= 0.3 is 5.97 Å². The Morgan fingerprint density at radius 1 is 1.37 bits per heavy atom. The van der Waals surface area contributed by atoms with Crippen molar-refractivity contribution in [2.45, 2.75) is 17.0 Å². The van der Waals surface area contributed by atoms with Crippen molar-refractivity contribution in [1.82, 2.24) is 9.97 Å². The molecule has 2 aromatic rings. The zero-order valence-corrected chi connectivity index (χ0v) is 10.8. The summed E-state index contributed by atoms with van der Waals surface area (Å²) in [7, 11) is 0. The number of nitrogens with zero attached hydrogens (tertiary/aromatic N) is 3. The number of aryl methyl sites for hydroxylation is 1. The predicted molar refractivity (Wildman–Crippen MR) is 69.0 cm³/mol. The minimum Gasteiger partial charge on any atom is -0.478 e. The zero-order valence-electron chi connectivity index (χ0n) is 9.99. The minimum absolute atomic E-state index is 0.156. The van der Waals surface area contributed by atoms with E-state index in [4.69, 9.17) is 10.4 Å². The lowest BCUT2D eigenvalue weighted by molar-refractivity contribution is 0.0696. The van der Waals surface area contributed by atoms with Crippen LogP contribution in [-0.4, -0.2) is 21.0 Å². The molecule has 0 radical (unpaired) electrons. The van der Waals surface area contributed by atoms with Gasteiger partial charge in [-0.25, -0.2) is 14.8 Å². The number of carboxylic acids is 1. The van der Waals surface area contributed by atoms with Crippen LogP contribution in [0.4, 0.5) is 0 Å². The Bertz CT molecular complexity index is 680. The van der Waals surface area contributed by atoms with E-state index < -0.39 is 5.97 Å². The number of hydrogen-bond acceptors (Lipinski definition) is 5. The number of pyridine rings is 2. The monoisotopic (exact) mass is 271 g/mol. The molecule has 0 spiro atoms. The molecule has 0 unspecified atom stereocenters. The van der Waals surface area contributed by atoms with Crippen LogP contribution in [-0.2, 0) is 0 Å². The van der Waals surface area contributed by atoms with Crippen LogP contribution in [0.1, 0.15) is 21.5 Å². The first-order valence-corrected chi connectivity index (χ1v) is 6.16. The molecule has 0 aliphatic heterocycles. The van der Waals surface area contributed by atoms with E-state index in [0.717, 1.165) is 5.56 Å².